The van der Waals surface area contributed by atoms with E-state index in [4.69, 9.17) is 4.74 Å². The summed E-state index contributed by atoms with van der Waals surface area (Å²) in [4.78, 5) is 44.6. The van der Waals surface area contributed by atoms with Gasteiger partial charge in [-0.2, -0.15) is 0 Å². The molecule has 2 aliphatic heterocycles. The van der Waals surface area contributed by atoms with Crippen molar-refractivity contribution in [3.63, 3.8) is 0 Å². The third kappa shape index (κ3) is 6.60. The first kappa shape index (κ1) is 26.5. The smallest absolute Gasteiger partial charge is 0.323 e. The van der Waals surface area contributed by atoms with E-state index in [1.165, 1.54) is 17.7 Å². The Morgan fingerprint density at radius 1 is 1.22 bits per heavy atom. The van der Waals surface area contributed by atoms with Crippen molar-refractivity contribution >= 4 is 23.7 Å². The minimum absolute atomic E-state index is 0.194. The molecule has 0 bridgehead atoms. The third-order valence-corrected chi connectivity index (χ3v) is 7.63. The molecule has 3 fully saturated rings. The van der Waals surface area contributed by atoms with E-state index >= 15 is 0 Å². The van der Waals surface area contributed by atoms with Crippen molar-refractivity contribution in [3.8, 4) is 0 Å². The highest BCUT2D eigenvalue weighted by molar-refractivity contribution is 6.02. The number of carbonyl (C=O) groups is 3. The van der Waals surface area contributed by atoms with E-state index < -0.39 is 18.0 Å². The monoisotopic (exact) mass is 500 g/mol. The summed E-state index contributed by atoms with van der Waals surface area (Å²) in [5.41, 5.74) is 0.817. The number of anilines is 1. The van der Waals surface area contributed by atoms with Crippen LogP contribution in [0.2, 0.25) is 0 Å². The zero-order valence-corrected chi connectivity index (χ0v) is 21.7. The minimum atomic E-state index is -0.734. The summed E-state index contributed by atoms with van der Waals surface area (Å²) < 4.78 is 6.23. The molecule has 3 aliphatic rings. The zero-order chi connectivity index (χ0) is 25.7. The summed E-state index contributed by atoms with van der Waals surface area (Å²) in [5.74, 6) is 0.470. The van der Waals surface area contributed by atoms with Crippen molar-refractivity contribution in [2.24, 2.45) is 5.92 Å². The minimum Gasteiger partial charge on any atom is -0.373 e. The summed E-state index contributed by atoms with van der Waals surface area (Å²) in [6.45, 7) is 8.35. The third-order valence-electron chi connectivity index (χ3n) is 7.63. The summed E-state index contributed by atoms with van der Waals surface area (Å²) >= 11 is 0. The van der Waals surface area contributed by atoms with Gasteiger partial charge in [-0.25, -0.2) is 9.78 Å². The largest absolute Gasteiger partial charge is 0.373 e. The van der Waals surface area contributed by atoms with Gasteiger partial charge in [0.25, 0.3) is 0 Å². The van der Waals surface area contributed by atoms with Gasteiger partial charge in [-0.05, 0) is 71.0 Å². The number of nitrogens with one attached hydrogen (secondary N) is 3. The van der Waals surface area contributed by atoms with Crippen molar-refractivity contribution in [1.29, 1.82) is 0 Å². The Kier molecular flexibility index (Phi) is 8.92. The first-order valence-electron chi connectivity index (χ1n) is 13.2. The van der Waals surface area contributed by atoms with Gasteiger partial charge >= 0.3 is 6.03 Å². The highest BCUT2D eigenvalue weighted by Crippen LogP contribution is 2.32. The first-order valence-corrected chi connectivity index (χ1v) is 13.2. The molecule has 1 unspecified atom stereocenters. The summed E-state index contributed by atoms with van der Waals surface area (Å²) in [6.07, 6.45) is 6.87. The Labute approximate surface area is 213 Å². The number of amides is 4. The van der Waals surface area contributed by atoms with Gasteiger partial charge in [-0.3, -0.25) is 24.7 Å². The van der Waals surface area contributed by atoms with E-state index in [9.17, 15) is 14.4 Å². The van der Waals surface area contributed by atoms with E-state index in [1.54, 1.807) is 13.2 Å². The van der Waals surface area contributed by atoms with Gasteiger partial charge < -0.3 is 15.4 Å². The Bertz CT molecular complexity index is 929. The molecule has 0 spiro atoms. The molecule has 3 N–H and O–H groups in total. The number of ether oxygens (including phenoxy) is 1. The van der Waals surface area contributed by atoms with E-state index in [-0.39, 0.29) is 24.9 Å². The van der Waals surface area contributed by atoms with Crippen LogP contribution in [0, 0.1) is 5.92 Å². The van der Waals surface area contributed by atoms with Crippen LogP contribution < -0.4 is 20.9 Å². The fourth-order valence-corrected chi connectivity index (χ4v) is 5.31. The fourth-order valence-electron chi connectivity index (χ4n) is 5.31. The Morgan fingerprint density at radius 2 is 1.97 bits per heavy atom. The van der Waals surface area contributed by atoms with E-state index in [1.807, 2.05) is 12.1 Å². The van der Waals surface area contributed by atoms with Crippen LogP contribution in [0.5, 0.6) is 0 Å². The van der Waals surface area contributed by atoms with Gasteiger partial charge in [0.05, 0.1) is 12.7 Å². The van der Waals surface area contributed by atoms with Crippen molar-refractivity contribution in [2.45, 2.75) is 83.2 Å². The van der Waals surface area contributed by atoms with Crippen LogP contribution in [0.3, 0.4) is 0 Å². The lowest BCUT2D eigenvalue weighted by molar-refractivity contribution is -0.134. The molecular formula is C26H40N6O4. The lowest BCUT2D eigenvalue weighted by Gasteiger charge is -2.46. The molecule has 198 valence electrons. The van der Waals surface area contributed by atoms with Crippen LogP contribution in [0.1, 0.15) is 57.9 Å². The number of imide groups is 1. The van der Waals surface area contributed by atoms with Gasteiger partial charge in [0.15, 0.2) is 0 Å². The molecule has 10 nitrogen and oxygen atoms in total. The summed E-state index contributed by atoms with van der Waals surface area (Å²) in [7, 11) is 1.62. The number of carbonyl (C=O) groups excluding carboxylic acids is 3. The molecule has 1 atom stereocenters. The second kappa shape index (κ2) is 12.1. The van der Waals surface area contributed by atoms with Crippen LogP contribution in [0.25, 0.3) is 0 Å². The predicted molar refractivity (Wildman–Crippen MR) is 136 cm³/mol. The Balaban J connectivity index is 1.27. The Morgan fingerprint density at radius 3 is 2.67 bits per heavy atom. The molecule has 4 amide bonds. The van der Waals surface area contributed by atoms with Gasteiger partial charge in [-0.1, -0.05) is 6.07 Å². The molecule has 1 aromatic rings. The standard InChI is InChI=1S/C26H40N6O4/c1-17(2)32(15-18-8-11-27-12-9-18)20-13-21(14-20)36-16-19-5-4-10-28-24(19)31(3)26(35)29-22-6-7-23(33)30-25(22)34/h4-5,10,17-18,20-22,27H,6-9,11-16H2,1-3H3,(H,29,35)(H,30,33,34)/t20-,21-,22?. The number of pyridine rings is 1. The molecule has 10 heteroatoms. The van der Waals surface area contributed by atoms with Crippen molar-refractivity contribution in [3.05, 3.63) is 23.9 Å². The average Bonchev–Trinajstić information content (AvgIpc) is 2.84. The summed E-state index contributed by atoms with van der Waals surface area (Å²) in [6, 6.07) is 3.64. The number of hydrogen-bond donors (Lipinski definition) is 3. The van der Waals surface area contributed by atoms with Crippen LogP contribution in [-0.4, -0.2) is 78.6 Å². The fraction of sp³-hybridized carbons (Fsp3) is 0.692. The van der Waals surface area contributed by atoms with E-state index in [0.29, 0.717) is 24.5 Å². The number of piperidine rings is 2. The molecule has 4 rings (SSSR count). The van der Waals surface area contributed by atoms with Crippen LogP contribution in [0.15, 0.2) is 18.3 Å². The number of nitrogens with zero attached hydrogens (tertiary/aromatic N) is 3. The molecule has 1 saturated carbocycles. The number of urea groups is 1. The SMILES string of the molecule is CC(C)N(CC1CCNCC1)[C@H]1C[C@H](OCc2cccnc2N(C)C(=O)NC2CCC(=O)NC2=O)C1. The number of hydrogen-bond acceptors (Lipinski definition) is 7. The number of aromatic nitrogens is 1. The van der Waals surface area contributed by atoms with Crippen molar-refractivity contribution in [1.82, 2.24) is 25.8 Å². The second-order valence-electron chi connectivity index (χ2n) is 10.5. The molecular weight excluding hydrogens is 460 g/mol. The predicted octanol–water partition coefficient (Wildman–Crippen LogP) is 1.79. The maximum Gasteiger partial charge on any atom is 0.323 e. The lowest BCUT2D eigenvalue weighted by atomic mass is 9.85. The topological polar surface area (TPSA) is 116 Å². The normalized spacial score (nSPS) is 25.0. The lowest BCUT2D eigenvalue weighted by Crippen LogP contribution is -2.54. The van der Waals surface area contributed by atoms with Crippen LogP contribution in [0.4, 0.5) is 10.6 Å². The van der Waals surface area contributed by atoms with Crippen LogP contribution >= 0.6 is 0 Å². The maximum absolute atomic E-state index is 12.8. The molecule has 3 heterocycles. The first-order chi connectivity index (χ1) is 17.3. The molecule has 0 aromatic carbocycles. The van der Waals surface area contributed by atoms with Gasteiger partial charge in [0, 0.05) is 43.9 Å². The van der Waals surface area contributed by atoms with E-state index in [0.717, 1.165) is 44.0 Å². The molecule has 1 aromatic heterocycles. The quantitative estimate of drug-likeness (QED) is 0.443. The molecule has 36 heavy (non-hydrogen) atoms. The molecule has 2 saturated heterocycles. The van der Waals surface area contributed by atoms with Crippen molar-refractivity contribution < 1.29 is 19.1 Å². The van der Waals surface area contributed by atoms with E-state index in [2.05, 4.69) is 39.7 Å². The number of rotatable bonds is 9. The van der Waals surface area contributed by atoms with Gasteiger partial charge in [0.1, 0.15) is 11.9 Å². The van der Waals surface area contributed by atoms with Crippen molar-refractivity contribution in [2.75, 3.05) is 31.6 Å². The average molecular weight is 501 g/mol. The highest BCUT2D eigenvalue weighted by Gasteiger charge is 2.37. The highest BCUT2D eigenvalue weighted by atomic mass is 16.5. The van der Waals surface area contributed by atoms with Gasteiger partial charge in [0.2, 0.25) is 11.8 Å². The summed E-state index contributed by atoms with van der Waals surface area (Å²) in [5, 5.41) is 8.41. The second-order valence-corrected chi connectivity index (χ2v) is 10.5. The zero-order valence-electron chi connectivity index (χ0n) is 21.7. The molecule has 1 aliphatic carbocycles. The maximum atomic E-state index is 12.8. The van der Waals surface area contributed by atoms with Gasteiger partial charge in [-0.15, -0.1) is 0 Å². The van der Waals surface area contributed by atoms with Crippen LogP contribution in [-0.2, 0) is 20.9 Å². The molecule has 0 radical (unpaired) electrons. The Hall–Kier alpha value is -2.56.